The van der Waals surface area contributed by atoms with Crippen molar-refractivity contribution >= 4 is 12.6 Å². The van der Waals surface area contributed by atoms with E-state index in [0.29, 0.717) is 6.29 Å². The van der Waals surface area contributed by atoms with Crippen molar-refractivity contribution in [2.24, 2.45) is 0 Å². The predicted octanol–water partition coefficient (Wildman–Crippen LogP) is -3.01. The van der Waals surface area contributed by atoms with Crippen molar-refractivity contribution in [1.29, 1.82) is 0 Å². The number of aliphatic hydroxyl groups is 5. The topological polar surface area (TPSA) is 135 Å². The standard InChI is InChI=1S/C6H12O6.C3H4O/c7-1-3(9)5(11)6(12)4(10)2-8;1-2-3-4/h1,3-6,8-12H,2H2;2-3H,1H2/t3-,4+,5+,6+;/m0./s1. The Morgan fingerprint density at radius 3 is 1.75 bits per heavy atom. The van der Waals surface area contributed by atoms with Gasteiger partial charge in [-0.1, -0.05) is 6.58 Å². The van der Waals surface area contributed by atoms with Crippen LogP contribution in [0.1, 0.15) is 0 Å². The molecule has 0 fully saturated rings. The highest BCUT2D eigenvalue weighted by molar-refractivity contribution is 5.63. The van der Waals surface area contributed by atoms with Crippen LogP contribution in [-0.4, -0.2) is 69.1 Å². The first-order valence-corrected chi connectivity index (χ1v) is 4.30. The first kappa shape index (κ1) is 17.3. The van der Waals surface area contributed by atoms with Crippen molar-refractivity contribution in [2.45, 2.75) is 24.4 Å². The maximum absolute atomic E-state index is 9.90. The molecular formula is C9H16O7. The van der Waals surface area contributed by atoms with Gasteiger partial charge in [-0.3, -0.25) is 4.79 Å². The highest BCUT2D eigenvalue weighted by atomic mass is 16.4. The molecule has 0 aromatic rings. The molecule has 7 heteroatoms. The van der Waals surface area contributed by atoms with Crippen molar-refractivity contribution < 1.29 is 35.1 Å². The molecule has 0 bridgehead atoms. The number of rotatable bonds is 6. The maximum Gasteiger partial charge on any atom is 0.151 e. The van der Waals surface area contributed by atoms with E-state index in [-0.39, 0.29) is 6.29 Å². The zero-order valence-electron chi connectivity index (χ0n) is 8.51. The quantitative estimate of drug-likeness (QED) is 0.245. The molecular weight excluding hydrogens is 220 g/mol. The molecule has 0 amide bonds. The van der Waals surface area contributed by atoms with E-state index in [2.05, 4.69) is 6.58 Å². The van der Waals surface area contributed by atoms with Crippen LogP contribution in [0.15, 0.2) is 12.7 Å². The van der Waals surface area contributed by atoms with Crippen LogP contribution in [-0.2, 0) is 9.59 Å². The van der Waals surface area contributed by atoms with Crippen LogP contribution in [0.2, 0.25) is 0 Å². The van der Waals surface area contributed by atoms with Gasteiger partial charge >= 0.3 is 0 Å². The minimum atomic E-state index is -1.79. The fraction of sp³-hybridized carbons (Fsp3) is 0.556. The molecule has 0 aromatic carbocycles. The largest absolute Gasteiger partial charge is 0.394 e. The lowest BCUT2D eigenvalue weighted by atomic mass is 10.0. The van der Waals surface area contributed by atoms with Crippen molar-refractivity contribution in [3.05, 3.63) is 12.7 Å². The van der Waals surface area contributed by atoms with E-state index in [1.54, 1.807) is 0 Å². The molecule has 0 aromatic heterocycles. The number of aldehydes is 2. The molecule has 0 aliphatic rings. The summed E-state index contributed by atoms with van der Waals surface area (Å²) in [7, 11) is 0. The van der Waals surface area contributed by atoms with Gasteiger partial charge in [0.15, 0.2) is 6.29 Å². The summed E-state index contributed by atoms with van der Waals surface area (Å²) < 4.78 is 0. The molecule has 4 atom stereocenters. The highest BCUT2D eigenvalue weighted by Gasteiger charge is 2.29. The Labute approximate surface area is 92.3 Å². The molecule has 0 aliphatic carbocycles. The summed E-state index contributed by atoms with van der Waals surface area (Å²) in [4.78, 5) is 19.0. The lowest BCUT2D eigenvalue weighted by molar-refractivity contribution is -0.136. The molecule has 0 saturated carbocycles. The molecule has 0 saturated heterocycles. The van der Waals surface area contributed by atoms with Gasteiger partial charge in [0.1, 0.15) is 30.7 Å². The highest BCUT2D eigenvalue weighted by Crippen LogP contribution is 2.02. The van der Waals surface area contributed by atoms with Gasteiger partial charge in [0.2, 0.25) is 0 Å². The number of hydrogen-bond acceptors (Lipinski definition) is 7. The fourth-order valence-corrected chi connectivity index (χ4v) is 0.618. The van der Waals surface area contributed by atoms with Crippen molar-refractivity contribution in [3.8, 4) is 0 Å². The Kier molecular flexibility index (Phi) is 11.2. The summed E-state index contributed by atoms with van der Waals surface area (Å²) in [6.07, 6.45) is -5.01. The molecule has 7 nitrogen and oxygen atoms in total. The summed E-state index contributed by atoms with van der Waals surface area (Å²) in [6, 6.07) is 0. The normalized spacial score (nSPS) is 17.1. The Balaban J connectivity index is 0. The molecule has 0 rings (SSSR count). The van der Waals surface area contributed by atoms with Crippen molar-refractivity contribution in [3.63, 3.8) is 0 Å². The Bertz CT molecular complexity index is 200. The van der Waals surface area contributed by atoms with Crippen LogP contribution in [0.25, 0.3) is 0 Å². The predicted molar refractivity (Wildman–Crippen MR) is 53.4 cm³/mol. The summed E-state index contributed by atoms with van der Waals surface area (Å²) in [5, 5.41) is 43.5. The first-order chi connectivity index (χ1) is 7.45. The fourth-order valence-electron chi connectivity index (χ4n) is 0.618. The molecule has 16 heavy (non-hydrogen) atoms. The van der Waals surface area contributed by atoms with Gasteiger partial charge in [-0.05, 0) is 6.08 Å². The lowest BCUT2D eigenvalue weighted by Gasteiger charge is -2.22. The van der Waals surface area contributed by atoms with Crippen LogP contribution in [0.5, 0.6) is 0 Å². The SMILES string of the molecule is C=CC=O.O=C[C@H](O)[C@@H](O)[C@H](O)[C@H](O)CO. The molecule has 0 radical (unpaired) electrons. The Morgan fingerprint density at radius 1 is 1.06 bits per heavy atom. The third kappa shape index (κ3) is 7.21. The van der Waals surface area contributed by atoms with E-state index in [1.807, 2.05) is 0 Å². The summed E-state index contributed by atoms with van der Waals surface area (Å²) in [5.74, 6) is 0. The zero-order chi connectivity index (χ0) is 13.1. The number of aliphatic hydroxyl groups excluding tert-OH is 5. The molecule has 0 spiro atoms. The number of hydrogen-bond donors (Lipinski definition) is 5. The van der Waals surface area contributed by atoms with Gasteiger partial charge in [0, 0.05) is 0 Å². The van der Waals surface area contributed by atoms with Crippen LogP contribution in [0, 0.1) is 0 Å². The summed E-state index contributed by atoms with van der Waals surface area (Å²) in [6.45, 7) is 2.35. The summed E-state index contributed by atoms with van der Waals surface area (Å²) in [5.41, 5.74) is 0. The van der Waals surface area contributed by atoms with Crippen molar-refractivity contribution in [2.75, 3.05) is 6.61 Å². The van der Waals surface area contributed by atoms with Crippen LogP contribution < -0.4 is 0 Å². The van der Waals surface area contributed by atoms with Gasteiger partial charge < -0.3 is 30.3 Å². The van der Waals surface area contributed by atoms with Gasteiger partial charge in [0.05, 0.1) is 6.61 Å². The molecule has 0 unspecified atom stereocenters. The number of allylic oxidation sites excluding steroid dienone is 1. The average molecular weight is 236 g/mol. The second-order valence-corrected chi connectivity index (χ2v) is 2.73. The summed E-state index contributed by atoms with van der Waals surface area (Å²) >= 11 is 0. The van der Waals surface area contributed by atoms with E-state index in [9.17, 15) is 4.79 Å². The van der Waals surface area contributed by atoms with Gasteiger partial charge in [-0.2, -0.15) is 0 Å². The third-order valence-electron chi connectivity index (χ3n) is 1.52. The smallest absolute Gasteiger partial charge is 0.151 e. The number of carbonyl (C=O) groups excluding carboxylic acids is 2. The van der Waals surface area contributed by atoms with Crippen LogP contribution in [0.3, 0.4) is 0 Å². The van der Waals surface area contributed by atoms with Crippen LogP contribution >= 0.6 is 0 Å². The van der Waals surface area contributed by atoms with Gasteiger partial charge in [-0.25, -0.2) is 0 Å². The van der Waals surface area contributed by atoms with Crippen LogP contribution in [0.4, 0.5) is 0 Å². The lowest BCUT2D eigenvalue weighted by Crippen LogP contribution is -2.46. The van der Waals surface area contributed by atoms with E-state index in [0.717, 1.165) is 0 Å². The van der Waals surface area contributed by atoms with E-state index in [4.69, 9.17) is 30.3 Å². The first-order valence-electron chi connectivity index (χ1n) is 4.30. The molecule has 5 N–H and O–H groups in total. The molecule has 0 heterocycles. The minimum Gasteiger partial charge on any atom is -0.394 e. The van der Waals surface area contributed by atoms with Crippen molar-refractivity contribution in [1.82, 2.24) is 0 Å². The van der Waals surface area contributed by atoms with Gasteiger partial charge in [0.25, 0.3) is 0 Å². The number of carbonyl (C=O) groups is 2. The average Bonchev–Trinajstić information content (AvgIpc) is 2.34. The molecule has 0 aliphatic heterocycles. The maximum atomic E-state index is 9.90. The Morgan fingerprint density at radius 2 is 1.50 bits per heavy atom. The molecule has 94 valence electrons. The van der Waals surface area contributed by atoms with E-state index < -0.39 is 31.0 Å². The Hall–Kier alpha value is -1.12. The monoisotopic (exact) mass is 236 g/mol. The second kappa shape index (κ2) is 10.4. The second-order valence-electron chi connectivity index (χ2n) is 2.73. The van der Waals surface area contributed by atoms with E-state index in [1.165, 1.54) is 6.08 Å². The zero-order valence-corrected chi connectivity index (χ0v) is 8.51. The van der Waals surface area contributed by atoms with Gasteiger partial charge in [-0.15, -0.1) is 0 Å². The minimum absolute atomic E-state index is 0.0258. The van der Waals surface area contributed by atoms with E-state index >= 15 is 0 Å². The third-order valence-corrected chi connectivity index (χ3v) is 1.52.